The average Bonchev–Trinajstić information content (AvgIpc) is 2.54. The summed E-state index contributed by atoms with van der Waals surface area (Å²) in [6.45, 7) is 1.79. The molecule has 1 unspecified atom stereocenters. The molecule has 1 aromatic carbocycles. The maximum absolute atomic E-state index is 12.6. The highest BCUT2D eigenvalue weighted by molar-refractivity contribution is 7.89. The Morgan fingerprint density at radius 1 is 1.17 bits per heavy atom. The summed E-state index contributed by atoms with van der Waals surface area (Å²) >= 11 is 11.8. The van der Waals surface area contributed by atoms with Crippen LogP contribution in [-0.2, 0) is 10.0 Å². The molecule has 0 saturated heterocycles. The Morgan fingerprint density at radius 2 is 1.75 bits per heavy atom. The fourth-order valence-corrected chi connectivity index (χ4v) is 2.92. The van der Waals surface area contributed by atoms with Crippen molar-refractivity contribution in [2.24, 2.45) is 5.14 Å². The highest BCUT2D eigenvalue weighted by Crippen LogP contribution is 2.24. The van der Waals surface area contributed by atoms with Crippen LogP contribution in [0.25, 0.3) is 0 Å². The van der Waals surface area contributed by atoms with Crippen molar-refractivity contribution < 1.29 is 13.2 Å². The number of nitrogens with zero attached hydrogens (tertiary/aromatic N) is 2. The second-order valence-electron chi connectivity index (χ2n) is 5.17. The molecule has 0 radical (unpaired) electrons. The molecular weight excluding hydrogens is 373 g/mol. The Hall–Kier alpha value is -1.67. The van der Waals surface area contributed by atoms with Crippen LogP contribution in [-0.4, -0.2) is 31.3 Å². The van der Waals surface area contributed by atoms with E-state index in [1.807, 2.05) is 0 Å². The van der Waals surface area contributed by atoms with Gasteiger partial charge in [-0.05, 0) is 36.8 Å². The molecule has 6 nitrogen and oxygen atoms in total. The number of hydrogen-bond acceptors (Lipinski definition) is 4. The minimum absolute atomic E-state index is 0.00646. The SMILES string of the molecule is CC(c1ccc(S(N)(=O)=O)cc1)N(C)C(=O)c1nc(Cl)ccc1Cl. The van der Waals surface area contributed by atoms with Crippen LogP contribution in [0.4, 0.5) is 0 Å². The van der Waals surface area contributed by atoms with Crippen LogP contribution >= 0.6 is 23.2 Å². The summed E-state index contributed by atoms with van der Waals surface area (Å²) in [6.07, 6.45) is 0. The van der Waals surface area contributed by atoms with Gasteiger partial charge in [0.2, 0.25) is 10.0 Å². The summed E-state index contributed by atoms with van der Waals surface area (Å²) in [7, 11) is -2.16. The highest BCUT2D eigenvalue weighted by Gasteiger charge is 2.23. The van der Waals surface area contributed by atoms with Crippen LogP contribution < -0.4 is 5.14 Å². The number of sulfonamides is 1. The third-order valence-corrected chi connectivity index (χ3v) is 5.05. The van der Waals surface area contributed by atoms with Crippen molar-refractivity contribution in [2.45, 2.75) is 17.9 Å². The molecule has 0 aliphatic carbocycles. The molecule has 2 N–H and O–H groups in total. The van der Waals surface area contributed by atoms with Crippen molar-refractivity contribution in [1.82, 2.24) is 9.88 Å². The molecule has 128 valence electrons. The van der Waals surface area contributed by atoms with E-state index in [4.69, 9.17) is 28.3 Å². The lowest BCUT2D eigenvalue weighted by atomic mass is 10.1. The molecule has 1 amide bonds. The minimum Gasteiger partial charge on any atom is -0.334 e. The van der Waals surface area contributed by atoms with Gasteiger partial charge in [0.1, 0.15) is 10.8 Å². The van der Waals surface area contributed by atoms with Gasteiger partial charge in [-0.15, -0.1) is 0 Å². The van der Waals surface area contributed by atoms with Gasteiger partial charge in [-0.25, -0.2) is 18.5 Å². The second-order valence-corrected chi connectivity index (χ2v) is 7.53. The van der Waals surface area contributed by atoms with Gasteiger partial charge in [-0.2, -0.15) is 0 Å². The zero-order valence-electron chi connectivity index (χ0n) is 12.9. The molecule has 1 heterocycles. The monoisotopic (exact) mass is 387 g/mol. The van der Waals surface area contributed by atoms with Crippen LogP contribution in [0.2, 0.25) is 10.2 Å². The summed E-state index contributed by atoms with van der Waals surface area (Å²) in [5.74, 6) is -0.398. The Balaban J connectivity index is 2.27. The van der Waals surface area contributed by atoms with E-state index in [1.165, 1.54) is 29.2 Å². The second kappa shape index (κ2) is 7.06. The Bertz CT molecular complexity index is 870. The number of halogens is 2. The van der Waals surface area contributed by atoms with E-state index in [-0.39, 0.29) is 26.8 Å². The molecule has 9 heteroatoms. The maximum atomic E-state index is 12.6. The van der Waals surface area contributed by atoms with Gasteiger partial charge in [0.25, 0.3) is 5.91 Å². The Kier molecular flexibility index (Phi) is 5.49. The molecule has 24 heavy (non-hydrogen) atoms. The van der Waals surface area contributed by atoms with E-state index >= 15 is 0 Å². The molecule has 2 aromatic rings. The predicted octanol–water partition coefficient (Wildman–Crippen LogP) is 2.87. The van der Waals surface area contributed by atoms with Gasteiger partial charge in [0.15, 0.2) is 0 Å². The van der Waals surface area contributed by atoms with Gasteiger partial charge in [0, 0.05) is 7.05 Å². The molecule has 1 atom stereocenters. The van der Waals surface area contributed by atoms with Gasteiger partial charge >= 0.3 is 0 Å². The van der Waals surface area contributed by atoms with Crippen LogP contribution in [0.3, 0.4) is 0 Å². The van der Waals surface area contributed by atoms with E-state index in [0.29, 0.717) is 0 Å². The summed E-state index contributed by atoms with van der Waals surface area (Å²) in [6, 6.07) is 8.64. The third kappa shape index (κ3) is 4.05. The summed E-state index contributed by atoms with van der Waals surface area (Å²) in [5, 5.41) is 5.44. The molecule has 0 spiro atoms. The number of rotatable bonds is 4. The summed E-state index contributed by atoms with van der Waals surface area (Å²) in [4.78, 5) is 18.0. The lowest BCUT2D eigenvalue weighted by Crippen LogP contribution is -2.30. The van der Waals surface area contributed by atoms with Gasteiger partial charge in [0.05, 0.1) is 16.0 Å². The molecule has 1 aromatic heterocycles. The lowest BCUT2D eigenvalue weighted by Gasteiger charge is -2.25. The number of primary sulfonamides is 1. The number of amides is 1. The standard InChI is InChI=1S/C15H15Cl2N3O3S/c1-9(10-3-5-11(6-4-10)24(18,22)23)20(2)15(21)14-12(16)7-8-13(17)19-14/h3-9H,1-2H3,(H2,18,22,23). The van der Waals surface area contributed by atoms with Crippen molar-refractivity contribution in [1.29, 1.82) is 0 Å². The number of nitrogens with two attached hydrogens (primary N) is 1. The van der Waals surface area contributed by atoms with Crippen LogP contribution in [0.5, 0.6) is 0 Å². The Morgan fingerprint density at radius 3 is 2.29 bits per heavy atom. The van der Waals surface area contributed by atoms with Crippen molar-refractivity contribution >= 4 is 39.1 Å². The molecule has 0 fully saturated rings. The number of carbonyl (C=O) groups is 1. The average molecular weight is 388 g/mol. The van der Waals surface area contributed by atoms with Crippen molar-refractivity contribution in [3.05, 3.63) is 57.8 Å². The molecule has 0 aliphatic rings. The fourth-order valence-electron chi connectivity index (χ4n) is 2.07. The first-order valence-electron chi connectivity index (χ1n) is 6.83. The topological polar surface area (TPSA) is 93.4 Å². The smallest absolute Gasteiger partial charge is 0.274 e. The van der Waals surface area contributed by atoms with Crippen molar-refractivity contribution in [3.8, 4) is 0 Å². The zero-order chi connectivity index (χ0) is 18.1. The largest absolute Gasteiger partial charge is 0.334 e. The van der Waals surface area contributed by atoms with Gasteiger partial charge in [-0.1, -0.05) is 35.3 Å². The van der Waals surface area contributed by atoms with Gasteiger partial charge < -0.3 is 4.90 Å². The quantitative estimate of drug-likeness (QED) is 0.815. The summed E-state index contributed by atoms with van der Waals surface area (Å²) in [5.41, 5.74) is 0.788. The fraction of sp³-hybridized carbons (Fsp3) is 0.200. The number of benzene rings is 1. The van der Waals surface area contributed by atoms with Gasteiger partial charge in [-0.3, -0.25) is 4.79 Å². The van der Waals surface area contributed by atoms with E-state index < -0.39 is 15.9 Å². The number of aromatic nitrogens is 1. The first-order chi connectivity index (χ1) is 11.1. The van der Waals surface area contributed by atoms with Crippen LogP contribution in [0.1, 0.15) is 29.0 Å². The predicted molar refractivity (Wildman–Crippen MR) is 92.6 cm³/mol. The first-order valence-corrected chi connectivity index (χ1v) is 9.13. The van der Waals surface area contributed by atoms with Crippen molar-refractivity contribution in [3.63, 3.8) is 0 Å². The van der Waals surface area contributed by atoms with E-state index in [0.717, 1.165) is 5.56 Å². The number of hydrogen-bond donors (Lipinski definition) is 1. The first kappa shape index (κ1) is 18.7. The molecular formula is C15H15Cl2N3O3S. The maximum Gasteiger partial charge on any atom is 0.274 e. The number of pyridine rings is 1. The number of carbonyl (C=O) groups excluding carboxylic acids is 1. The molecule has 0 aliphatic heterocycles. The van der Waals surface area contributed by atoms with Crippen molar-refractivity contribution in [2.75, 3.05) is 7.05 Å². The van der Waals surface area contributed by atoms with E-state index in [1.54, 1.807) is 26.1 Å². The molecule has 2 rings (SSSR count). The zero-order valence-corrected chi connectivity index (χ0v) is 15.2. The molecule has 0 saturated carbocycles. The minimum atomic E-state index is -3.76. The third-order valence-electron chi connectivity index (χ3n) is 3.61. The lowest BCUT2D eigenvalue weighted by molar-refractivity contribution is 0.0737. The highest BCUT2D eigenvalue weighted by atomic mass is 35.5. The molecule has 0 bridgehead atoms. The van der Waals surface area contributed by atoms with Crippen LogP contribution in [0.15, 0.2) is 41.3 Å². The van der Waals surface area contributed by atoms with E-state index in [9.17, 15) is 13.2 Å². The summed E-state index contributed by atoms with van der Waals surface area (Å²) < 4.78 is 22.6. The normalized spacial score (nSPS) is 12.7. The van der Waals surface area contributed by atoms with E-state index in [2.05, 4.69) is 4.98 Å². The van der Waals surface area contributed by atoms with Crippen LogP contribution in [0, 0.1) is 0 Å². The Labute approximate surface area is 150 Å².